The monoisotopic (exact) mass is 463 g/mol. The highest BCUT2D eigenvalue weighted by Crippen LogP contribution is 2.07. The van der Waals surface area contributed by atoms with Crippen molar-refractivity contribution in [1.82, 2.24) is 26.8 Å². The Morgan fingerprint density at radius 2 is 1.33 bits per heavy atom. The Morgan fingerprint density at radius 1 is 0.818 bits per heavy atom. The second-order valence-corrected chi connectivity index (χ2v) is 9.38. The highest BCUT2D eigenvalue weighted by molar-refractivity contribution is 5.91. The first kappa shape index (κ1) is 27.7. The van der Waals surface area contributed by atoms with Crippen LogP contribution in [0.2, 0.25) is 0 Å². The fourth-order valence-corrected chi connectivity index (χ4v) is 2.78. The number of benzene rings is 1. The molecular formula is C23H37N5O5. The van der Waals surface area contributed by atoms with Crippen molar-refractivity contribution in [2.75, 3.05) is 0 Å². The topological polar surface area (TPSA) is 138 Å². The molecule has 0 saturated heterocycles. The molecule has 0 radical (unpaired) electrons. The van der Waals surface area contributed by atoms with Crippen LogP contribution in [0.5, 0.6) is 0 Å². The van der Waals surface area contributed by atoms with Crippen LogP contribution in [0.1, 0.15) is 54.0 Å². The van der Waals surface area contributed by atoms with Crippen molar-refractivity contribution in [3.05, 3.63) is 35.9 Å². The molecule has 10 nitrogen and oxygen atoms in total. The average molecular weight is 464 g/mol. The number of urea groups is 1. The number of hydrazine groups is 1. The van der Waals surface area contributed by atoms with Crippen molar-refractivity contribution in [1.29, 1.82) is 0 Å². The lowest BCUT2D eigenvalue weighted by Gasteiger charge is -2.26. The lowest BCUT2D eigenvalue weighted by Crippen LogP contribution is -2.59. The van der Waals surface area contributed by atoms with Crippen molar-refractivity contribution >= 4 is 23.9 Å². The zero-order chi connectivity index (χ0) is 25.2. The van der Waals surface area contributed by atoms with E-state index in [4.69, 9.17) is 4.74 Å². The summed E-state index contributed by atoms with van der Waals surface area (Å²) in [4.78, 5) is 49.5. The van der Waals surface area contributed by atoms with Crippen molar-refractivity contribution < 1.29 is 23.9 Å². The molecule has 0 heterocycles. The van der Waals surface area contributed by atoms with Gasteiger partial charge in [0.15, 0.2) is 0 Å². The summed E-state index contributed by atoms with van der Waals surface area (Å²) >= 11 is 0. The summed E-state index contributed by atoms with van der Waals surface area (Å²) in [7, 11) is 0. The van der Waals surface area contributed by atoms with Gasteiger partial charge in [0.2, 0.25) is 5.91 Å². The average Bonchev–Trinajstić information content (AvgIpc) is 2.71. The molecule has 0 bridgehead atoms. The molecule has 10 heteroatoms. The predicted molar refractivity (Wildman–Crippen MR) is 125 cm³/mol. The van der Waals surface area contributed by atoms with E-state index < -0.39 is 35.7 Å². The molecule has 33 heavy (non-hydrogen) atoms. The number of carbonyl (C=O) groups excluding carboxylic acids is 4. The van der Waals surface area contributed by atoms with Crippen molar-refractivity contribution in [3.8, 4) is 0 Å². The maximum Gasteiger partial charge on any atom is 0.426 e. The van der Waals surface area contributed by atoms with Gasteiger partial charge in [0.25, 0.3) is 5.91 Å². The quantitative estimate of drug-likeness (QED) is 0.376. The summed E-state index contributed by atoms with van der Waals surface area (Å²) in [5.41, 5.74) is 4.62. The van der Waals surface area contributed by atoms with Gasteiger partial charge in [-0.1, -0.05) is 58.0 Å². The van der Waals surface area contributed by atoms with Crippen LogP contribution in [0.25, 0.3) is 0 Å². The van der Waals surface area contributed by atoms with Crippen LogP contribution < -0.4 is 26.8 Å². The van der Waals surface area contributed by atoms with Crippen molar-refractivity contribution in [2.24, 2.45) is 11.8 Å². The van der Waals surface area contributed by atoms with Crippen LogP contribution in [0, 0.1) is 11.8 Å². The minimum Gasteiger partial charge on any atom is -0.443 e. The predicted octanol–water partition coefficient (Wildman–Crippen LogP) is 2.21. The molecule has 2 atom stereocenters. The maximum absolute atomic E-state index is 12.6. The van der Waals surface area contributed by atoms with E-state index >= 15 is 0 Å². The van der Waals surface area contributed by atoms with Crippen LogP contribution in [0.15, 0.2) is 30.3 Å². The van der Waals surface area contributed by atoms with E-state index in [-0.39, 0.29) is 17.7 Å². The second-order valence-electron chi connectivity index (χ2n) is 9.38. The Hall–Kier alpha value is -3.30. The Kier molecular flexibility index (Phi) is 10.6. The molecule has 0 fully saturated rings. The van der Waals surface area contributed by atoms with Crippen LogP contribution in [0.4, 0.5) is 9.59 Å². The van der Waals surface area contributed by atoms with Crippen LogP contribution >= 0.6 is 0 Å². The highest BCUT2D eigenvalue weighted by Gasteiger charge is 2.29. The molecule has 1 aromatic rings. The first-order valence-electron chi connectivity index (χ1n) is 11.0. The number of hydrogen-bond acceptors (Lipinski definition) is 5. The standard InChI is InChI=1S/C23H37N5O5/c1-14(2)17(19(29)24-13-16-11-9-8-10-12-16)25-21(31)26-18(15(3)4)20(30)27-28-22(32)33-23(5,6)7/h8-12,14-15,17-18H,13H2,1-7H3,(H,24,29)(H,27,30)(H,28,32)(H2,25,26,31)/t17-,18-/m0/s1. The molecule has 0 aliphatic rings. The molecule has 1 aromatic carbocycles. The van der Waals surface area contributed by atoms with E-state index in [1.807, 2.05) is 44.2 Å². The Morgan fingerprint density at radius 3 is 1.82 bits per heavy atom. The van der Waals surface area contributed by atoms with Gasteiger partial charge in [0.05, 0.1) is 0 Å². The molecule has 0 aromatic heterocycles. The van der Waals surface area contributed by atoms with E-state index in [2.05, 4.69) is 26.8 Å². The summed E-state index contributed by atoms with van der Waals surface area (Å²) in [6, 6.07) is 6.99. The summed E-state index contributed by atoms with van der Waals surface area (Å²) < 4.78 is 5.06. The van der Waals surface area contributed by atoms with Gasteiger partial charge < -0.3 is 20.7 Å². The lowest BCUT2D eigenvalue weighted by molar-refractivity contribution is -0.125. The SMILES string of the molecule is CC(C)[C@H](NC(=O)N[C@H](C(=O)NNC(=O)OC(C)(C)C)C(C)C)C(=O)NCc1ccccc1. The maximum atomic E-state index is 12.6. The zero-order valence-electron chi connectivity index (χ0n) is 20.4. The number of nitrogens with one attached hydrogen (secondary N) is 5. The fourth-order valence-electron chi connectivity index (χ4n) is 2.78. The van der Waals surface area contributed by atoms with Gasteiger partial charge in [0, 0.05) is 6.54 Å². The largest absolute Gasteiger partial charge is 0.443 e. The number of hydrogen-bond donors (Lipinski definition) is 5. The summed E-state index contributed by atoms with van der Waals surface area (Å²) in [5.74, 6) is -1.44. The van der Waals surface area contributed by atoms with Crippen LogP contribution in [-0.2, 0) is 20.9 Å². The smallest absolute Gasteiger partial charge is 0.426 e. The Bertz CT molecular complexity index is 805. The fraction of sp³-hybridized carbons (Fsp3) is 0.565. The number of carbonyl (C=O) groups is 4. The van der Waals surface area contributed by atoms with E-state index in [0.717, 1.165) is 5.56 Å². The molecule has 0 saturated carbocycles. The van der Waals surface area contributed by atoms with Gasteiger partial charge in [-0.25, -0.2) is 15.0 Å². The van der Waals surface area contributed by atoms with Gasteiger partial charge in [-0.05, 0) is 38.2 Å². The minimum absolute atomic E-state index is 0.188. The Balaban J connectivity index is 2.67. The third-order valence-corrected chi connectivity index (χ3v) is 4.47. The van der Waals surface area contributed by atoms with Gasteiger partial charge in [-0.2, -0.15) is 0 Å². The van der Waals surface area contributed by atoms with E-state index in [1.165, 1.54) is 0 Å². The molecule has 0 aliphatic heterocycles. The molecule has 0 spiro atoms. The molecule has 5 N–H and O–H groups in total. The van der Waals surface area contributed by atoms with E-state index in [0.29, 0.717) is 6.54 Å². The summed E-state index contributed by atoms with van der Waals surface area (Å²) in [5, 5.41) is 8.02. The summed E-state index contributed by atoms with van der Waals surface area (Å²) in [6.07, 6.45) is -0.822. The molecule has 5 amide bonds. The number of amides is 5. The van der Waals surface area contributed by atoms with Crippen LogP contribution in [0.3, 0.4) is 0 Å². The van der Waals surface area contributed by atoms with Crippen molar-refractivity contribution in [2.45, 2.75) is 72.7 Å². The molecule has 1 rings (SSSR count). The first-order valence-corrected chi connectivity index (χ1v) is 11.0. The first-order chi connectivity index (χ1) is 15.3. The zero-order valence-corrected chi connectivity index (χ0v) is 20.4. The van der Waals surface area contributed by atoms with Gasteiger partial charge in [0.1, 0.15) is 17.7 Å². The third kappa shape index (κ3) is 10.7. The number of ether oxygens (including phenoxy) is 1. The van der Waals surface area contributed by atoms with Gasteiger partial charge in [-0.15, -0.1) is 0 Å². The lowest BCUT2D eigenvalue weighted by atomic mass is 10.0. The molecule has 0 aliphatic carbocycles. The number of rotatable bonds is 8. The molecule has 184 valence electrons. The van der Waals surface area contributed by atoms with Crippen molar-refractivity contribution in [3.63, 3.8) is 0 Å². The second kappa shape index (κ2) is 12.7. The van der Waals surface area contributed by atoms with Crippen LogP contribution in [-0.4, -0.2) is 41.6 Å². The van der Waals surface area contributed by atoms with Gasteiger partial charge >= 0.3 is 12.1 Å². The molecular weight excluding hydrogens is 426 g/mol. The molecule has 0 unspecified atom stereocenters. The van der Waals surface area contributed by atoms with E-state index in [9.17, 15) is 19.2 Å². The summed E-state index contributed by atoms with van der Waals surface area (Å²) in [6.45, 7) is 12.5. The van der Waals surface area contributed by atoms with Gasteiger partial charge in [-0.3, -0.25) is 15.0 Å². The van der Waals surface area contributed by atoms with E-state index in [1.54, 1.807) is 34.6 Å². The Labute approximate surface area is 195 Å². The highest BCUT2D eigenvalue weighted by atomic mass is 16.6. The minimum atomic E-state index is -0.958. The third-order valence-electron chi connectivity index (χ3n) is 4.47. The normalized spacial score (nSPS) is 13.0.